The van der Waals surface area contributed by atoms with Crippen LogP contribution in [-0.4, -0.2) is 70.9 Å². The van der Waals surface area contributed by atoms with Gasteiger partial charge in [0.05, 0.1) is 17.0 Å². The number of benzene rings is 2. The van der Waals surface area contributed by atoms with Crippen molar-refractivity contribution in [2.45, 2.75) is 24.2 Å². The van der Waals surface area contributed by atoms with Crippen molar-refractivity contribution >= 4 is 33.2 Å². The van der Waals surface area contributed by atoms with Crippen LogP contribution in [0.25, 0.3) is 0 Å². The molecule has 7 nitrogen and oxygen atoms in total. The highest BCUT2D eigenvalue weighted by molar-refractivity contribution is 7.89. The van der Waals surface area contributed by atoms with Gasteiger partial charge in [0.2, 0.25) is 10.0 Å². The van der Waals surface area contributed by atoms with Gasteiger partial charge < -0.3 is 14.5 Å². The molecule has 32 heavy (non-hydrogen) atoms. The van der Waals surface area contributed by atoms with Crippen molar-refractivity contribution in [1.29, 1.82) is 0 Å². The van der Waals surface area contributed by atoms with Crippen molar-refractivity contribution in [2.75, 3.05) is 52.3 Å². The first kappa shape index (κ1) is 24.4. The van der Waals surface area contributed by atoms with Gasteiger partial charge in [-0.3, -0.25) is 4.79 Å². The summed E-state index contributed by atoms with van der Waals surface area (Å²) in [7, 11) is 1.00. The number of carbonyl (C=O) groups excluding carboxylic acids is 1. The lowest BCUT2D eigenvalue weighted by atomic mass is 10.1. The Morgan fingerprint density at radius 1 is 1.03 bits per heavy atom. The Kier molecular flexibility index (Phi) is 8.03. The molecule has 0 radical (unpaired) electrons. The first-order chi connectivity index (χ1) is 15.2. The highest BCUT2D eigenvalue weighted by Gasteiger charge is 2.25. The average molecular weight is 480 g/mol. The molecule has 0 aliphatic carbocycles. The van der Waals surface area contributed by atoms with Crippen LogP contribution in [0, 0.1) is 0 Å². The molecule has 3 rings (SSSR count). The average Bonchev–Trinajstić information content (AvgIpc) is 2.79. The van der Waals surface area contributed by atoms with E-state index in [1.165, 1.54) is 20.2 Å². The smallest absolute Gasteiger partial charge is 0.255 e. The summed E-state index contributed by atoms with van der Waals surface area (Å²) in [5.74, 6) is 0.435. The maximum atomic E-state index is 13.4. The molecule has 0 bridgehead atoms. The highest BCUT2D eigenvalue weighted by atomic mass is 35.5. The number of sulfonamides is 1. The zero-order valence-corrected chi connectivity index (χ0v) is 20.3. The fourth-order valence-corrected chi connectivity index (χ4v) is 4.66. The number of piperidine rings is 1. The van der Waals surface area contributed by atoms with E-state index in [2.05, 4.69) is 4.90 Å². The van der Waals surface area contributed by atoms with Gasteiger partial charge in [-0.15, -0.1) is 0 Å². The minimum absolute atomic E-state index is 0.109. The molecule has 0 unspecified atom stereocenters. The second-order valence-electron chi connectivity index (χ2n) is 8.04. The third-order valence-electron chi connectivity index (χ3n) is 5.53. The van der Waals surface area contributed by atoms with Gasteiger partial charge in [0, 0.05) is 44.9 Å². The summed E-state index contributed by atoms with van der Waals surface area (Å²) in [4.78, 5) is 17.2. The van der Waals surface area contributed by atoms with Crippen LogP contribution in [0.2, 0.25) is 5.02 Å². The number of ether oxygens (including phenoxy) is 1. The second-order valence-corrected chi connectivity index (χ2v) is 10.6. The van der Waals surface area contributed by atoms with Crippen molar-refractivity contribution in [3.05, 3.63) is 53.1 Å². The topological polar surface area (TPSA) is 70.2 Å². The lowest BCUT2D eigenvalue weighted by Crippen LogP contribution is -2.35. The van der Waals surface area contributed by atoms with Crippen LogP contribution in [0.1, 0.15) is 29.6 Å². The van der Waals surface area contributed by atoms with E-state index in [-0.39, 0.29) is 10.8 Å². The van der Waals surface area contributed by atoms with Gasteiger partial charge in [-0.1, -0.05) is 11.6 Å². The molecule has 0 spiro atoms. The van der Waals surface area contributed by atoms with Crippen LogP contribution in [0.3, 0.4) is 0 Å². The summed E-state index contributed by atoms with van der Waals surface area (Å²) in [6.07, 6.45) is 3.26. The molecule has 1 saturated heterocycles. The summed E-state index contributed by atoms with van der Waals surface area (Å²) < 4.78 is 32.2. The summed E-state index contributed by atoms with van der Waals surface area (Å²) in [5, 5.41) is 0.627. The first-order valence-electron chi connectivity index (χ1n) is 10.7. The van der Waals surface area contributed by atoms with E-state index in [1.54, 1.807) is 48.3 Å². The van der Waals surface area contributed by atoms with Gasteiger partial charge in [-0.05, 0) is 61.7 Å². The minimum atomic E-state index is -3.65. The van der Waals surface area contributed by atoms with E-state index in [9.17, 15) is 13.2 Å². The van der Waals surface area contributed by atoms with Crippen molar-refractivity contribution in [3.8, 4) is 5.75 Å². The lowest BCUT2D eigenvalue weighted by molar-refractivity contribution is 0.0774. The third-order valence-corrected chi connectivity index (χ3v) is 7.59. The standard InChI is InChI=1S/C23H30ClN3O4S/c1-25(2)32(29,30)20-11-12-22(27-13-5-4-6-14-27)21(17-20)23(28)26(3)15-16-31-19-9-7-18(24)8-10-19/h7-12,17H,4-6,13-16H2,1-3H3. The van der Waals surface area contributed by atoms with Crippen LogP contribution in [0.15, 0.2) is 47.4 Å². The summed E-state index contributed by atoms with van der Waals surface area (Å²) >= 11 is 5.89. The molecule has 1 amide bonds. The fraction of sp³-hybridized carbons (Fsp3) is 0.435. The van der Waals surface area contributed by atoms with Gasteiger partial charge in [0.1, 0.15) is 12.4 Å². The summed E-state index contributed by atoms with van der Waals surface area (Å²) in [6.45, 7) is 2.36. The van der Waals surface area contributed by atoms with Crippen molar-refractivity contribution in [3.63, 3.8) is 0 Å². The number of hydrogen-bond acceptors (Lipinski definition) is 5. The zero-order valence-electron chi connectivity index (χ0n) is 18.8. The molecule has 1 fully saturated rings. The molecule has 0 N–H and O–H groups in total. The van der Waals surface area contributed by atoms with Crippen molar-refractivity contribution < 1.29 is 17.9 Å². The maximum absolute atomic E-state index is 13.4. The quantitative estimate of drug-likeness (QED) is 0.577. The van der Waals surface area contributed by atoms with E-state index < -0.39 is 10.0 Å². The molecular weight excluding hydrogens is 450 g/mol. The van der Waals surface area contributed by atoms with Crippen LogP contribution < -0.4 is 9.64 Å². The first-order valence-corrected chi connectivity index (χ1v) is 12.5. The number of anilines is 1. The SMILES string of the molecule is CN(CCOc1ccc(Cl)cc1)C(=O)c1cc(S(=O)(=O)N(C)C)ccc1N1CCCCC1. The number of halogens is 1. The summed E-state index contributed by atoms with van der Waals surface area (Å²) in [5.41, 5.74) is 1.17. The Morgan fingerprint density at radius 2 is 1.69 bits per heavy atom. The maximum Gasteiger partial charge on any atom is 0.255 e. The Bertz CT molecular complexity index is 1040. The Hall–Kier alpha value is -2.29. The van der Waals surface area contributed by atoms with Crippen molar-refractivity contribution in [2.24, 2.45) is 0 Å². The normalized spacial score (nSPS) is 14.5. The molecule has 9 heteroatoms. The molecule has 0 saturated carbocycles. The largest absolute Gasteiger partial charge is 0.492 e. The van der Waals surface area contributed by atoms with E-state index in [1.807, 2.05) is 0 Å². The van der Waals surface area contributed by atoms with E-state index in [0.29, 0.717) is 29.5 Å². The summed E-state index contributed by atoms with van der Waals surface area (Å²) in [6, 6.07) is 11.9. The van der Waals surface area contributed by atoms with E-state index in [4.69, 9.17) is 16.3 Å². The molecule has 0 aromatic heterocycles. The van der Waals surface area contributed by atoms with E-state index in [0.717, 1.165) is 42.3 Å². The molecule has 1 heterocycles. The molecular formula is C23H30ClN3O4S. The predicted molar refractivity (Wildman–Crippen MR) is 127 cm³/mol. The molecule has 2 aromatic carbocycles. The molecule has 1 aliphatic heterocycles. The Labute approximate surface area is 195 Å². The Morgan fingerprint density at radius 3 is 2.31 bits per heavy atom. The van der Waals surface area contributed by atoms with Gasteiger partial charge in [0.15, 0.2) is 0 Å². The van der Waals surface area contributed by atoms with Gasteiger partial charge in [0.25, 0.3) is 5.91 Å². The predicted octanol–water partition coefficient (Wildman–Crippen LogP) is 3.73. The Balaban J connectivity index is 1.81. The van der Waals surface area contributed by atoms with E-state index >= 15 is 0 Å². The lowest BCUT2D eigenvalue weighted by Gasteiger charge is -2.31. The highest BCUT2D eigenvalue weighted by Crippen LogP contribution is 2.28. The number of rotatable bonds is 8. The van der Waals surface area contributed by atoms with Crippen molar-refractivity contribution in [1.82, 2.24) is 9.21 Å². The van der Waals surface area contributed by atoms with Crippen LogP contribution in [-0.2, 0) is 10.0 Å². The minimum Gasteiger partial charge on any atom is -0.492 e. The zero-order chi connectivity index (χ0) is 23.3. The molecule has 2 aromatic rings. The monoisotopic (exact) mass is 479 g/mol. The number of carbonyl (C=O) groups is 1. The number of nitrogens with zero attached hydrogens (tertiary/aromatic N) is 3. The number of hydrogen-bond donors (Lipinski definition) is 0. The second kappa shape index (κ2) is 10.6. The van der Waals surface area contributed by atoms with Crippen LogP contribution in [0.5, 0.6) is 5.75 Å². The van der Waals surface area contributed by atoms with Gasteiger partial charge in [-0.25, -0.2) is 12.7 Å². The fourth-order valence-electron chi connectivity index (χ4n) is 3.61. The molecule has 1 aliphatic rings. The number of amides is 1. The number of likely N-dealkylation sites (N-methyl/N-ethyl adjacent to an activating group) is 1. The molecule has 0 atom stereocenters. The van der Waals surface area contributed by atoms with Crippen LogP contribution in [0.4, 0.5) is 5.69 Å². The molecule has 174 valence electrons. The van der Waals surface area contributed by atoms with Gasteiger partial charge in [-0.2, -0.15) is 0 Å². The van der Waals surface area contributed by atoms with Gasteiger partial charge >= 0.3 is 0 Å². The van der Waals surface area contributed by atoms with Crippen LogP contribution >= 0.6 is 11.6 Å². The third kappa shape index (κ3) is 5.74.